The number of benzene rings is 1. The first kappa shape index (κ1) is 11.6. The number of hydrogen-bond acceptors (Lipinski definition) is 4. The Labute approximate surface area is 100 Å². The molecule has 5 heteroatoms. The Hall–Kier alpha value is -1.91. The molecule has 1 fully saturated rings. The van der Waals surface area contributed by atoms with Gasteiger partial charge in [0.25, 0.3) is 0 Å². The van der Waals surface area contributed by atoms with Gasteiger partial charge >= 0.3 is 0 Å². The van der Waals surface area contributed by atoms with Gasteiger partial charge in [0.15, 0.2) is 0 Å². The number of hydrogen-bond donors (Lipinski definition) is 2. The SMILES string of the molecule is COc1ccc(N)c(N2CCCC2C(N)=O)c1. The summed E-state index contributed by atoms with van der Waals surface area (Å²) >= 11 is 0. The van der Waals surface area contributed by atoms with E-state index < -0.39 is 0 Å². The Morgan fingerprint density at radius 3 is 2.94 bits per heavy atom. The van der Waals surface area contributed by atoms with E-state index in [2.05, 4.69) is 0 Å². The number of nitrogens with zero attached hydrogens (tertiary/aromatic N) is 1. The first-order valence-electron chi connectivity index (χ1n) is 5.63. The van der Waals surface area contributed by atoms with Crippen molar-refractivity contribution in [3.8, 4) is 5.75 Å². The lowest BCUT2D eigenvalue weighted by atomic mass is 10.2. The summed E-state index contributed by atoms with van der Waals surface area (Å²) in [7, 11) is 1.60. The fraction of sp³-hybridized carbons (Fsp3) is 0.417. The van der Waals surface area contributed by atoms with Crippen LogP contribution < -0.4 is 21.1 Å². The zero-order valence-electron chi connectivity index (χ0n) is 9.85. The lowest BCUT2D eigenvalue weighted by molar-refractivity contribution is -0.119. The highest BCUT2D eigenvalue weighted by atomic mass is 16.5. The molecule has 5 nitrogen and oxygen atoms in total. The number of amides is 1. The number of nitrogens with two attached hydrogens (primary N) is 2. The molecule has 0 radical (unpaired) electrons. The van der Waals surface area contributed by atoms with Crippen LogP contribution in [0, 0.1) is 0 Å². The zero-order valence-corrected chi connectivity index (χ0v) is 9.85. The fourth-order valence-corrected chi connectivity index (χ4v) is 2.25. The van der Waals surface area contributed by atoms with Crippen LogP contribution in [-0.4, -0.2) is 25.6 Å². The summed E-state index contributed by atoms with van der Waals surface area (Å²) in [5.74, 6) is 0.425. The van der Waals surface area contributed by atoms with E-state index in [0.29, 0.717) is 5.69 Å². The Morgan fingerprint density at radius 2 is 2.29 bits per heavy atom. The monoisotopic (exact) mass is 235 g/mol. The molecule has 0 spiro atoms. The topological polar surface area (TPSA) is 81.6 Å². The number of nitrogen functional groups attached to an aromatic ring is 1. The molecule has 2 rings (SSSR count). The van der Waals surface area contributed by atoms with Crippen LogP contribution in [0.5, 0.6) is 5.75 Å². The molecule has 1 aromatic carbocycles. The highest BCUT2D eigenvalue weighted by Crippen LogP contribution is 2.33. The Kier molecular flexibility index (Phi) is 3.08. The molecule has 1 aliphatic rings. The van der Waals surface area contributed by atoms with Gasteiger partial charge in [0.1, 0.15) is 11.8 Å². The van der Waals surface area contributed by atoms with Crippen molar-refractivity contribution in [1.29, 1.82) is 0 Å². The van der Waals surface area contributed by atoms with Crippen LogP contribution in [-0.2, 0) is 4.79 Å². The van der Waals surface area contributed by atoms with E-state index >= 15 is 0 Å². The predicted molar refractivity (Wildman–Crippen MR) is 67.0 cm³/mol. The molecule has 17 heavy (non-hydrogen) atoms. The largest absolute Gasteiger partial charge is 0.497 e. The van der Waals surface area contributed by atoms with E-state index in [9.17, 15) is 4.79 Å². The molecule has 1 aliphatic heterocycles. The van der Waals surface area contributed by atoms with Gasteiger partial charge in [-0.25, -0.2) is 0 Å². The first-order valence-corrected chi connectivity index (χ1v) is 5.63. The minimum atomic E-state index is -0.301. The summed E-state index contributed by atoms with van der Waals surface area (Å²) < 4.78 is 5.17. The third kappa shape index (κ3) is 2.13. The van der Waals surface area contributed by atoms with E-state index in [1.54, 1.807) is 19.2 Å². The Bertz CT molecular complexity index is 434. The van der Waals surface area contributed by atoms with Crippen molar-refractivity contribution in [2.45, 2.75) is 18.9 Å². The molecule has 0 bridgehead atoms. The molecule has 1 atom stereocenters. The average Bonchev–Trinajstić information content (AvgIpc) is 2.78. The molecule has 0 aromatic heterocycles. The van der Waals surface area contributed by atoms with Crippen LogP contribution in [0.1, 0.15) is 12.8 Å². The second kappa shape index (κ2) is 4.53. The maximum Gasteiger partial charge on any atom is 0.240 e. The molecule has 4 N–H and O–H groups in total. The second-order valence-corrected chi connectivity index (χ2v) is 4.18. The number of carbonyl (C=O) groups excluding carboxylic acids is 1. The number of ether oxygens (including phenoxy) is 1. The third-order valence-electron chi connectivity index (χ3n) is 3.13. The molecule has 1 aromatic rings. The van der Waals surface area contributed by atoms with Gasteiger partial charge in [0.2, 0.25) is 5.91 Å². The zero-order chi connectivity index (χ0) is 12.4. The molecular weight excluding hydrogens is 218 g/mol. The van der Waals surface area contributed by atoms with Crippen molar-refractivity contribution < 1.29 is 9.53 Å². The van der Waals surface area contributed by atoms with Gasteiger partial charge in [-0.05, 0) is 25.0 Å². The Morgan fingerprint density at radius 1 is 1.53 bits per heavy atom. The summed E-state index contributed by atoms with van der Waals surface area (Å²) in [6, 6.07) is 5.17. The van der Waals surface area contributed by atoms with Crippen molar-refractivity contribution in [3.63, 3.8) is 0 Å². The minimum Gasteiger partial charge on any atom is -0.497 e. The minimum absolute atomic E-state index is 0.260. The van der Waals surface area contributed by atoms with Crippen molar-refractivity contribution >= 4 is 17.3 Å². The third-order valence-corrected chi connectivity index (χ3v) is 3.13. The molecule has 1 amide bonds. The van der Waals surface area contributed by atoms with Gasteiger partial charge in [-0.2, -0.15) is 0 Å². The van der Waals surface area contributed by atoms with Gasteiger partial charge in [-0.1, -0.05) is 0 Å². The van der Waals surface area contributed by atoms with E-state index in [-0.39, 0.29) is 11.9 Å². The maximum atomic E-state index is 11.4. The van der Waals surface area contributed by atoms with Crippen LogP contribution in [0.15, 0.2) is 18.2 Å². The summed E-state index contributed by atoms with van der Waals surface area (Å²) in [6.07, 6.45) is 1.73. The summed E-state index contributed by atoms with van der Waals surface area (Å²) in [5, 5.41) is 0. The molecule has 0 saturated carbocycles. The quantitative estimate of drug-likeness (QED) is 0.757. The van der Waals surface area contributed by atoms with Gasteiger partial charge < -0.3 is 21.1 Å². The van der Waals surface area contributed by atoms with E-state index in [1.165, 1.54) is 0 Å². The van der Waals surface area contributed by atoms with Gasteiger partial charge in [-0.3, -0.25) is 4.79 Å². The van der Waals surface area contributed by atoms with E-state index in [4.69, 9.17) is 16.2 Å². The number of primary amides is 1. The molecule has 0 aliphatic carbocycles. The van der Waals surface area contributed by atoms with Gasteiger partial charge in [0.05, 0.1) is 18.5 Å². The van der Waals surface area contributed by atoms with Gasteiger partial charge in [-0.15, -0.1) is 0 Å². The smallest absolute Gasteiger partial charge is 0.240 e. The van der Waals surface area contributed by atoms with Crippen LogP contribution in [0.25, 0.3) is 0 Å². The van der Waals surface area contributed by atoms with Crippen molar-refractivity contribution in [3.05, 3.63) is 18.2 Å². The van der Waals surface area contributed by atoms with Crippen molar-refractivity contribution in [1.82, 2.24) is 0 Å². The molecule has 92 valence electrons. The highest BCUT2D eigenvalue weighted by molar-refractivity contribution is 5.86. The summed E-state index contributed by atoms with van der Waals surface area (Å²) in [5.41, 5.74) is 12.8. The van der Waals surface area contributed by atoms with Crippen molar-refractivity contribution in [2.24, 2.45) is 5.73 Å². The number of methoxy groups -OCH3 is 1. The molecule has 1 saturated heterocycles. The second-order valence-electron chi connectivity index (χ2n) is 4.18. The van der Waals surface area contributed by atoms with Crippen LogP contribution in [0.2, 0.25) is 0 Å². The lowest BCUT2D eigenvalue weighted by Crippen LogP contribution is -2.40. The van der Waals surface area contributed by atoms with E-state index in [0.717, 1.165) is 30.8 Å². The summed E-state index contributed by atoms with van der Waals surface area (Å²) in [4.78, 5) is 13.3. The maximum absolute atomic E-state index is 11.4. The molecule has 1 unspecified atom stereocenters. The average molecular weight is 235 g/mol. The lowest BCUT2D eigenvalue weighted by Gasteiger charge is -2.26. The molecular formula is C12H17N3O2. The Balaban J connectivity index is 2.35. The molecule has 1 heterocycles. The van der Waals surface area contributed by atoms with Crippen LogP contribution in [0.4, 0.5) is 11.4 Å². The van der Waals surface area contributed by atoms with Crippen LogP contribution in [0.3, 0.4) is 0 Å². The highest BCUT2D eigenvalue weighted by Gasteiger charge is 2.30. The fourth-order valence-electron chi connectivity index (χ4n) is 2.25. The first-order chi connectivity index (χ1) is 8.13. The normalized spacial score (nSPS) is 19.4. The van der Waals surface area contributed by atoms with Crippen molar-refractivity contribution in [2.75, 3.05) is 24.3 Å². The van der Waals surface area contributed by atoms with Crippen LogP contribution >= 0.6 is 0 Å². The van der Waals surface area contributed by atoms with E-state index in [1.807, 2.05) is 11.0 Å². The number of rotatable bonds is 3. The summed E-state index contributed by atoms with van der Waals surface area (Å²) in [6.45, 7) is 0.797. The number of carbonyl (C=O) groups is 1. The van der Waals surface area contributed by atoms with Gasteiger partial charge in [0, 0.05) is 12.6 Å². The number of anilines is 2. The standard InChI is InChI=1S/C12H17N3O2/c1-17-8-4-5-9(13)11(7-8)15-6-2-3-10(15)12(14)16/h4-5,7,10H,2-3,6,13H2,1H3,(H2,14,16). The predicted octanol–water partition coefficient (Wildman–Crippen LogP) is 0.731.